The van der Waals surface area contributed by atoms with E-state index in [1.54, 1.807) is 12.1 Å². The monoisotopic (exact) mass is 224 g/mol. The van der Waals surface area contributed by atoms with E-state index in [0.717, 1.165) is 0 Å². The van der Waals surface area contributed by atoms with Gasteiger partial charge in [0.2, 0.25) is 0 Å². The van der Waals surface area contributed by atoms with Crippen LogP contribution in [0.3, 0.4) is 0 Å². The number of esters is 1. The van der Waals surface area contributed by atoms with Crippen LogP contribution in [0.4, 0.5) is 0 Å². The maximum Gasteiger partial charge on any atom is 0.341 e. The van der Waals surface area contributed by atoms with Gasteiger partial charge in [-0.3, -0.25) is 0 Å². The molecule has 0 aliphatic rings. The maximum absolute atomic E-state index is 11.4. The van der Waals surface area contributed by atoms with Crippen LogP contribution in [0, 0.1) is 0 Å². The van der Waals surface area contributed by atoms with Crippen molar-refractivity contribution in [2.24, 2.45) is 10.9 Å². The van der Waals surface area contributed by atoms with Crippen LogP contribution in [-0.2, 0) is 4.74 Å². The Morgan fingerprint density at radius 3 is 2.50 bits per heavy atom. The molecule has 16 heavy (non-hydrogen) atoms. The van der Waals surface area contributed by atoms with Gasteiger partial charge in [0.15, 0.2) is 5.84 Å². The van der Waals surface area contributed by atoms with Crippen molar-refractivity contribution in [2.75, 3.05) is 14.2 Å². The van der Waals surface area contributed by atoms with Gasteiger partial charge in [-0.2, -0.15) is 0 Å². The highest BCUT2D eigenvalue weighted by Crippen LogP contribution is 2.24. The predicted octanol–water partition coefficient (Wildman–Crippen LogP) is 0.576. The lowest BCUT2D eigenvalue weighted by Gasteiger charge is -2.10. The topological polar surface area (TPSA) is 94.1 Å². The summed E-state index contributed by atoms with van der Waals surface area (Å²) in [5, 5.41) is 11.4. The molecule has 3 N–H and O–H groups in total. The fourth-order valence-electron chi connectivity index (χ4n) is 1.28. The van der Waals surface area contributed by atoms with E-state index in [9.17, 15) is 4.79 Å². The number of oxime groups is 1. The molecule has 0 atom stereocenters. The van der Waals surface area contributed by atoms with Crippen molar-refractivity contribution in [3.05, 3.63) is 29.3 Å². The average molecular weight is 224 g/mol. The third-order valence-electron chi connectivity index (χ3n) is 2.01. The van der Waals surface area contributed by atoms with Crippen LogP contribution in [0.5, 0.6) is 5.75 Å². The van der Waals surface area contributed by atoms with E-state index in [0.29, 0.717) is 5.56 Å². The van der Waals surface area contributed by atoms with Gasteiger partial charge in [0, 0.05) is 0 Å². The van der Waals surface area contributed by atoms with Crippen LogP contribution in [0.15, 0.2) is 23.4 Å². The van der Waals surface area contributed by atoms with Crippen molar-refractivity contribution >= 4 is 11.8 Å². The van der Waals surface area contributed by atoms with Crippen molar-refractivity contribution in [2.45, 2.75) is 0 Å². The Bertz CT molecular complexity index is 429. The molecule has 0 fully saturated rings. The van der Waals surface area contributed by atoms with E-state index < -0.39 is 5.97 Å². The molecular weight excluding hydrogens is 212 g/mol. The molecule has 0 unspecified atom stereocenters. The molecule has 1 aromatic rings. The minimum Gasteiger partial charge on any atom is -0.495 e. The molecule has 0 saturated carbocycles. The lowest BCUT2D eigenvalue weighted by molar-refractivity contribution is 0.0597. The number of hydrogen-bond donors (Lipinski definition) is 2. The summed E-state index contributed by atoms with van der Waals surface area (Å²) < 4.78 is 9.63. The highest BCUT2D eigenvalue weighted by molar-refractivity contribution is 6.04. The minimum absolute atomic E-state index is 0.136. The van der Waals surface area contributed by atoms with Crippen LogP contribution in [0.25, 0.3) is 0 Å². The number of benzene rings is 1. The third-order valence-corrected chi connectivity index (χ3v) is 2.01. The summed E-state index contributed by atoms with van der Waals surface area (Å²) in [6.45, 7) is 0. The summed E-state index contributed by atoms with van der Waals surface area (Å²) in [7, 11) is 2.65. The zero-order valence-electron chi connectivity index (χ0n) is 8.93. The number of para-hydroxylation sites is 1. The standard InChI is InChI=1S/C10H12N2O4/c1-15-8-6(9(11)12-14)4-3-5-7(8)10(13)16-2/h3-5,14H,1-2H3,(H2,11,12). The molecule has 6 nitrogen and oxygen atoms in total. The van der Waals surface area contributed by atoms with Gasteiger partial charge in [-0.25, -0.2) is 4.79 Å². The molecular formula is C10H12N2O4. The second-order valence-electron chi connectivity index (χ2n) is 2.86. The number of ether oxygens (including phenoxy) is 2. The Morgan fingerprint density at radius 2 is 2.00 bits per heavy atom. The molecule has 0 aromatic heterocycles. The number of nitrogens with two attached hydrogens (primary N) is 1. The smallest absolute Gasteiger partial charge is 0.341 e. The van der Waals surface area contributed by atoms with E-state index >= 15 is 0 Å². The quantitative estimate of drug-likeness (QED) is 0.257. The van der Waals surface area contributed by atoms with Gasteiger partial charge >= 0.3 is 5.97 Å². The van der Waals surface area contributed by atoms with Gasteiger partial charge in [-0.1, -0.05) is 11.2 Å². The molecule has 0 saturated heterocycles. The Labute approximate surface area is 92.3 Å². The Hall–Kier alpha value is -2.24. The molecule has 0 radical (unpaired) electrons. The molecule has 0 aliphatic heterocycles. The first-order valence-electron chi connectivity index (χ1n) is 4.39. The fourth-order valence-corrected chi connectivity index (χ4v) is 1.28. The minimum atomic E-state index is -0.551. The van der Waals surface area contributed by atoms with Crippen LogP contribution < -0.4 is 10.5 Å². The number of nitrogens with zero attached hydrogens (tertiary/aromatic N) is 1. The van der Waals surface area contributed by atoms with Crippen LogP contribution in [0.1, 0.15) is 15.9 Å². The van der Waals surface area contributed by atoms with Crippen molar-refractivity contribution in [1.82, 2.24) is 0 Å². The number of rotatable bonds is 3. The van der Waals surface area contributed by atoms with Crippen LogP contribution in [0.2, 0.25) is 0 Å². The number of carbonyl (C=O) groups excluding carboxylic acids is 1. The van der Waals surface area contributed by atoms with E-state index in [1.165, 1.54) is 20.3 Å². The first-order chi connectivity index (χ1) is 7.65. The Morgan fingerprint density at radius 1 is 1.38 bits per heavy atom. The third kappa shape index (κ3) is 2.05. The summed E-state index contributed by atoms with van der Waals surface area (Å²) in [5.74, 6) is -0.475. The molecule has 1 rings (SSSR count). The number of methoxy groups -OCH3 is 2. The average Bonchev–Trinajstić information content (AvgIpc) is 2.35. The second kappa shape index (κ2) is 5.01. The number of hydrogen-bond acceptors (Lipinski definition) is 5. The summed E-state index contributed by atoms with van der Waals surface area (Å²) in [5.41, 5.74) is 5.99. The first-order valence-corrected chi connectivity index (χ1v) is 4.39. The second-order valence-corrected chi connectivity index (χ2v) is 2.86. The Kier molecular flexibility index (Phi) is 3.71. The predicted molar refractivity (Wildman–Crippen MR) is 56.8 cm³/mol. The first kappa shape index (κ1) is 11.8. The van der Waals surface area contributed by atoms with Crippen LogP contribution in [-0.4, -0.2) is 31.2 Å². The van der Waals surface area contributed by atoms with E-state index in [2.05, 4.69) is 9.89 Å². The van der Waals surface area contributed by atoms with Crippen molar-refractivity contribution in [3.63, 3.8) is 0 Å². The zero-order valence-corrected chi connectivity index (χ0v) is 8.93. The number of amidine groups is 1. The molecule has 0 spiro atoms. The van der Waals surface area contributed by atoms with E-state index in [-0.39, 0.29) is 17.1 Å². The SMILES string of the molecule is COC(=O)c1cccc(/C(N)=N/O)c1OC. The molecule has 0 bridgehead atoms. The van der Waals surface area contributed by atoms with Crippen molar-refractivity contribution < 1.29 is 19.5 Å². The molecule has 0 aliphatic carbocycles. The van der Waals surface area contributed by atoms with Crippen molar-refractivity contribution in [3.8, 4) is 5.75 Å². The van der Waals surface area contributed by atoms with Crippen LogP contribution >= 0.6 is 0 Å². The Balaban J connectivity index is 3.37. The van der Waals surface area contributed by atoms with Gasteiger partial charge in [0.25, 0.3) is 0 Å². The van der Waals surface area contributed by atoms with E-state index in [4.69, 9.17) is 15.7 Å². The summed E-state index contributed by atoms with van der Waals surface area (Å²) in [4.78, 5) is 11.4. The largest absolute Gasteiger partial charge is 0.495 e. The highest BCUT2D eigenvalue weighted by atomic mass is 16.5. The highest BCUT2D eigenvalue weighted by Gasteiger charge is 2.17. The molecule has 0 heterocycles. The van der Waals surface area contributed by atoms with Gasteiger partial charge < -0.3 is 20.4 Å². The number of carbonyl (C=O) groups is 1. The van der Waals surface area contributed by atoms with Gasteiger partial charge in [-0.15, -0.1) is 0 Å². The summed E-state index contributed by atoms with van der Waals surface area (Å²) in [6.07, 6.45) is 0. The fraction of sp³-hybridized carbons (Fsp3) is 0.200. The molecule has 1 aromatic carbocycles. The summed E-state index contributed by atoms with van der Waals surface area (Å²) in [6, 6.07) is 4.68. The van der Waals surface area contributed by atoms with Gasteiger partial charge in [0.05, 0.1) is 19.8 Å². The molecule has 86 valence electrons. The van der Waals surface area contributed by atoms with Crippen molar-refractivity contribution in [1.29, 1.82) is 0 Å². The lowest BCUT2D eigenvalue weighted by atomic mass is 10.1. The zero-order chi connectivity index (χ0) is 12.1. The maximum atomic E-state index is 11.4. The van der Waals surface area contributed by atoms with E-state index in [1.807, 2.05) is 0 Å². The molecule has 0 amide bonds. The van der Waals surface area contributed by atoms with Gasteiger partial charge in [-0.05, 0) is 12.1 Å². The normalized spacial score (nSPS) is 11.0. The van der Waals surface area contributed by atoms with Gasteiger partial charge in [0.1, 0.15) is 11.3 Å². The summed E-state index contributed by atoms with van der Waals surface area (Å²) >= 11 is 0. The lowest BCUT2D eigenvalue weighted by Crippen LogP contribution is -2.16. The molecule has 6 heteroatoms.